The normalized spacial score (nSPS) is 11.0. The van der Waals surface area contributed by atoms with Gasteiger partial charge in [-0.3, -0.25) is 10.1 Å². The Morgan fingerprint density at radius 1 is 1.35 bits per heavy atom. The van der Waals surface area contributed by atoms with Crippen molar-refractivity contribution in [2.75, 3.05) is 11.9 Å². The Bertz CT molecular complexity index is 638. The second-order valence-corrected chi connectivity index (χ2v) is 5.14. The summed E-state index contributed by atoms with van der Waals surface area (Å²) in [5, 5.41) is 15.0. The van der Waals surface area contributed by atoms with Gasteiger partial charge in [-0.15, -0.1) is 0 Å². The second kappa shape index (κ2) is 5.86. The molecule has 1 aromatic heterocycles. The topological polar surface area (TPSA) is 68.1 Å². The smallest absolute Gasteiger partial charge is 0.270 e. The Labute approximate surface area is 118 Å². The van der Waals surface area contributed by atoms with Crippen LogP contribution in [-0.4, -0.2) is 16.5 Å². The van der Waals surface area contributed by atoms with Gasteiger partial charge in [-0.2, -0.15) is 0 Å². The molecule has 2 aromatic rings. The molecule has 0 saturated heterocycles. The van der Waals surface area contributed by atoms with Crippen LogP contribution >= 0.6 is 0 Å². The van der Waals surface area contributed by atoms with Crippen LogP contribution in [-0.2, 0) is 0 Å². The summed E-state index contributed by atoms with van der Waals surface area (Å²) >= 11 is 0. The van der Waals surface area contributed by atoms with Crippen LogP contribution in [0.25, 0.3) is 10.9 Å². The largest absolute Gasteiger partial charge is 0.370 e. The zero-order chi connectivity index (χ0) is 14.7. The van der Waals surface area contributed by atoms with Gasteiger partial charge in [-0.1, -0.05) is 20.8 Å². The van der Waals surface area contributed by atoms with Crippen molar-refractivity contribution >= 4 is 22.4 Å². The molecule has 0 bridgehead atoms. The molecule has 0 unspecified atom stereocenters. The van der Waals surface area contributed by atoms with E-state index in [1.807, 2.05) is 6.07 Å². The lowest BCUT2D eigenvalue weighted by Gasteiger charge is -2.14. The first-order valence-corrected chi connectivity index (χ1v) is 6.86. The zero-order valence-corrected chi connectivity index (χ0v) is 12.0. The van der Waals surface area contributed by atoms with E-state index in [0.717, 1.165) is 35.2 Å². The van der Waals surface area contributed by atoms with Crippen molar-refractivity contribution in [2.45, 2.75) is 33.1 Å². The summed E-state index contributed by atoms with van der Waals surface area (Å²) in [6.45, 7) is 7.16. The number of aromatic nitrogens is 1. The predicted octanol–water partition coefficient (Wildman–Crippen LogP) is 4.09. The molecule has 5 heteroatoms. The molecule has 5 nitrogen and oxygen atoms in total. The van der Waals surface area contributed by atoms with E-state index in [2.05, 4.69) is 31.1 Å². The predicted molar refractivity (Wildman–Crippen MR) is 81.3 cm³/mol. The average Bonchev–Trinajstić information content (AvgIpc) is 2.43. The van der Waals surface area contributed by atoms with Crippen LogP contribution in [0.3, 0.4) is 0 Å². The van der Waals surface area contributed by atoms with Crippen molar-refractivity contribution in [3.05, 3.63) is 39.9 Å². The summed E-state index contributed by atoms with van der Waals surface area (Å²) in [7, 11) is 0. The highest BCUT2D eigenvalue weighted by atomic mass is 16.6. The lowest BCUT2D eigenvalue weighted by Crippen LogP contribution is -2.06. The number of hydrogen-bond acceptors (Lipinski definition) is 4. The second-order valence-electron chi connectivity index (χ2n) is 5.14. The maximum absolute atomic E-state index is 10.8. The maximum Gasteiger partial charge on any atom is 0.270 e. The zero-order valence-electron chi connectivity index (χ0n) is 12.0. The molecule has 0 fully saturated rings. The van der Waals surface area contributed by atoms with Crippen LogP contribution in [0.2, 0.25) is 0 Å². The SMILES string of the molecule is CCCNc1nc2ccc([N+](=O)[O-])cc2cc1C(C)C. The minimum absolute atomic E-state index is 0.100. The van der Waals surface area contributed by atoms with Crippen molar-refractivity contribution in [2.24, 2.45) is 0 Å². The first-order valence-electron chi connectivity index (χ1n) is 6.86. The summed E-state index contributed by atoms with van der Waals surface area (Å²) in [6.07, 6.45) is 1.03. The van der Waals surface area contributed by atoms with Crippen LogP contribution in [0.5, 0.6) is 0 Å². The lowest BCUT2D eigenvalue weighted by molar-refractivity contribution is -0.384. The first kappa shape index (κ1) is 14.2. The molecule has 20 heavy (non-hydrogen) atoms. The Hall–Kier alpha value is -2.17. The van der Waals surface area contributed by atoms with E-state index in [1.54, 1.807) is 12.1 Å². The lowest BCUT2D eigenvalue weighted by atomic mass is 10.0. The Balaban J connectivity index is 2.55. The van der Waals surface area contributed by atoms with Gasteiger partial charge in [0.15, 0.2) is 0 Å². The van der Waals surface area contributed by atoms with E-state index in [1.165, 1.54) is 6.07 Å². The van der Waals surface area contributed by atoms with E-state index in [9.17, 15) is 10.1 Å². The number of non-ortho nitro benzene ring substituents is 1. The Kier molecular flexibility index (Phi) is 4.17. The summed E-state index contributed by atoms with van der Waals surface area (Å²) in [5.74, 6) is 1.19. The van der Waals surface area contributed by atoms with Gasteiger partial charge in [0, 0.05) is 24.1 Å². The quantitative estimate of drug-likeness (QED) is 0.658. The monoisotopic (exact) mass is 273 g/mol. The van der Waals surface area contributed by atoms with Gasteiger partial charge in [-0.25, -0.2) is 4.98 Å². The van der Waals surface area contributed by atoms with E-state index in [0.29, 0.717) is 5.92 Å². The van der Waals surface area contributed by atoms with Crippen LogP contribution in [0, 0.1) is 10.1 Å². The molecular formula is C15H19N3O2. The third kappa shape index (κ3) is 2.87. The molecule has 0 radical (unpaired) electrons. The van der Waals surface area contributed by atoms with E-state index >= 15 is 0 Å². The molecule has 1 heterocycles. The number of hydrogen-bond donors (Lipinski definition) is 1. The molecular weight excluding hydrogens is 254 g/mol. The number of nitrogens with one attached hydrogen (secondary N) is 1. The van der Waals surface area contributed by atoms with Crippen molar-refractivity contribution in [3.63, 3.8) is 0 Å². The standard InChI is InChI=1S/C15H19N3O2/c1-4-7-16-15-13(10(2)3)9-11-8-12(18(19)20)5-6-14(11)17-15/h5-6,8-10H,4,7H2,1-3H3,(H,16,17). The third-order valence-electron chi connectivity index (χ3n) is 3.20. The molecule has 0 aliphatic carbocycles. The Morgan fingerprint density at radius 3 is 2.70 bits per heavy atom. The molecule has 0 spiro atoms. The van der Waals surface area contributed by atoms with Crippen LogP contribution < -0.4 is 5.32 Å². The van der Waals surface area contributed by atoms with Crippen molar-refractivity contribution in [3.8, 4) is 0 Å². The minimum Gasteiger partial charge on any atom is -0.370 e. The number of nitro benzene ring substituents is 1. The molecule has 2 rings (SSSR count). The minimum atomic E-state index is -0.377. The summed E-state index contributed by atoms with van der Waals surface area (Å²) in [4.78, 5) is 15.1. The fourth-order valence-electron chi connectivity index (χ4n) is 2.12. The summed E-state index contributed by atoms with van der Waals surface area (Å²) in [6, 6.07) is 6.78. The molecule has 0 aliphatic heterocycles. The molecule has 0 saturated carbocycles. The van der Waals surface area contributed by atoms with Gasteiger partial charge in [0.2, 0.25) is 0 Å². The van der Waals surface area contributed by atoms with Gasteiger partial charge in [-0.05, 0) is 30.0 Å². The number of benzene rings is 1. The Morgan fingerprint density at radius 2 is 2.10 bits per heavy atom. The number of pyridine rings is 1. The van der Waals surface area contributed by atoms with E-state index in [-0.39, 0.29) is 10.6 Å². The molecule has 0 aliphatic rings. The maximum atomic E-state index is 10.8. The average molecular weight is 273 g/mol. The van der Waals surface area contributed by atoms with Crippen LogP contribution in [0.1, 0.15) is 38.7 Å². The number of anilines is 1. The number of fused-ring (bicyclic) bond motifs is 1. The van der Waals surface area contributed by atoms with Crippen molar-refractivity contribution in [1.29, 1.82) is 0 Å². The molecule has 1 aromatic carbocycles. The fourth-order valence-corrected chi connectivity index (χ4v) is 2.12. The molecule has 106 valence electrons. The highest BCUT2D eigenvalue weighted by molar-refractivity contribution is 5.84. The van der Waals surface area contributed by atoms with Gasteiger partial charge < -0.3 is 5.32 Å². The fraction of sp³-hybridized carbons (Fsp3) is 0.400. The number of rotatable bonds is 5. The third-order valence-corrected chi connectivity index (χ3v) is 3.20. The van der Waals surface area contributed by atoms with E-state index < -0.39 is 0 Å². The molecule has 0 atom stereocenters. The molecule has 1 N–H and O–H groups in total. The van der Waals surface area contributed by atoms with Gasteiger partial charge in [0.1, 0.15) is 5.82 Å². The van der Waals surface area contributed by atoms with Gasteiger partial charge in [0.25, 0.3) is 5.69 Å². The van der Waals surface area contributed by atoms with Gasteiger partial charge in [0.05, 0.1) is 10.4 Å². The van der Waals surface area contributed by atoms with Crippen molar-refractivity contribution in [1.82, 2.24) is 4.98 Å². The highest BCUT2D eigenvalue weighted by Crippen LogP contribution is 2.28. The van der Waals surface area contributed by atoms with Crippen molar-refractivity contribution < 1.29 is 4.92 Å². The number of nitro groups is 1. The van der Waals surface area contributed by atoms with Gasteiger partial charge >= 0.3 is 0 Å². The number of nitrogens with zero attached hydrogens (tertiary/aromatic N) is 2. The van der Waals surface area contributed by atoms with Crippen LogP contribution in [0.4, 0.5) is 11.5 Å². The molecule has 0 amide bonds. The summed E-state index contributed by atoms with van der Waals surface area (Å²) < 4.78 is 0. The summed E-state index contributed by atoms with van der Waals surface area (Å²) in [5.41, 5.74) is 1.97. The van der Waals surface area contributed by atoms with E-state index in [4.69, 9.17) is 0 Å². The van der Waals surface area contributed by atoms with Crippen LogP contribution in [0.15, 0.2) is 24.3 Å². The highest BCUT2D eigenvalue weighted by Gasteiger charge is 2.12. The first-order chi connectivity index (χ1) is 9.52.